The van der Waals surface area contributed by atoms with Gasteiger partial charge in [0, 0.05) is 9.75 Å². The van der Waals surface area contributed by atoms with Crippen molar-refractivity contribution in [2.45, 2.75) is 26.8 Å². The van der Waals surface area contributed by atoms with Crippen LogP contribution in [-0.2, 0) is 4.74 Å². The number of carbonyl (C=O) groups is 1. The maximum atomic E-state index is 11.8. The van der Waals surface area contributed by atoms with E-state index in [0.717, 1.165) is 5.69 Å². The van der Waals surface area contributed by atoms with Crippen LogP contribution in [0.15, 0.2) is 30.3 Å². The van der Waals surface area contributed by atoms with Crippen molar-refractivity contribution in [1.29, 1.82) is 0 Å². The molecule has 0 aliphatic heterocycles. The Balaban J connectivity index is 2.19. The first kappa shape index (κ1) is 15.4. The SMILES string of the molecule is CCOC(=O)c1ccc(N)c(NC(C)c2ccc(C)s2)c1. The lowest BCUT2D eigenvalue weighted by molar-refractivity contribution is 0.0526. The molecule has 4 nitrogen and oxygen atoms in total. The maximum absolute atomic E-state index is 11.8. The minimum atomic E-state index is -0.333. The van der Waals surface area contributed by atoms with Crippen LogP contribution in [0.1, 0.15) is 40.0 Å². The molecule has 0 spiro atoms. The summed E-state index contributed by atoms with van der Waals surface area (Å²) in [4.78, 5) is 14.3. The molecule has 0 radical (unpaired) electrons. The predicted molar refractivity (Wildman–Crippen MR) is 87.9 cm³/mol. The molecule has 3 N–H and O–H groups in total. The number of carbonyl (C=O) groups excluding carboxylic acids is 1. The Labute approximate surface area is 128 Å². The van der Waals surface area contributed by atoms with Gasteiger partial charge < -0.3 is 15.8 Å². The Hall–Kier alpha value is -2.01. The van der Waals surface area contributed by atoms with Crippen molar-refractivity contribution in [3.8, 4) is 0 Å². The number of ether oxygens (including phenoxy) is 1. The van der Waals surface area contributed by atoms with Crippen molar-refractivity contribution < 1.29 is 9.53 Å². The van der Waals surface area contributed by atoms with Gasteiger partial charge in [-0.05, 0) is 51.1 Å². The van der Waals surface area contributed by atoms with E-state index in [2.05, 4.69) is 31.3 Å². The van der Waals surface area contributed by atoms with Gasteiger partial charge in [-0.1, -0.05) is 0 Å². The van der Waals surface area contributed by atoms with Crippen LogP contribution in [0.25, 0.3) is 0 Å². The standard InChI is InChI=1S/C16H20N2O2S/c1-4-20-16(19)12-6-7-13(17)14(9-12)18-11(3)15-8-5-10(2)21-15/h5-9,11,18H,4,17H2,1-3H3. The fourth-order valence-corrected chi connectivity index (χ4v) is 2.89. The number of nitrogen functional groups attached to an aromatic ring is 1. The number of benzene rings is 1. The van der Waals surface area contributed by atoms with Gasteiger partial charge in [0.2, 0.25) is 0 Å². The van der Waals surface area contributed by atoms with Gasteiger partial charge in [0.25, 0.3) is 0 Å². The fraction of sp³-hybridized carbons (Fsp3) is 0.312. The van der Waals surface area contributed by atoms with Crippen LogP contribution < -0.4 is 11.1 Å². The van der Waals surface area contributed by atoms with Crippen molar-refractivity contribution in [2.75, 3.05) is 17.7 Å². The highest BCUT2D eigenvalue weighted by Gasteiger charge is 2.12. The summed E-state index contributed by atoms with van der Waals surface area (Å²) < 4.78 is 5.01. The number of hydrogen-bond donors (Lipinski definition) is 2. The average molecular weight is 304 g/mol. The molecule has 112 valence electrons. The molecule has 0 aliphatic carbocycles. The molecule has 2 aromatic rings. The molecule has 0 saturated carbocycles. The second kappa shape index (κ2) is 6.63. The normalized spacial score (nSPS) is 12.0. The van der Waals surface area contributed by atoms with Gasteiger partial charge in [0.05, 0.1) is 29.6 Å². The molecule has 1 aromatic carbocycles. The average Bonchev–Trinajstić information content (AvgIpc) is 2.88. The lowest BCUT2D eigenvalue weighted by Gasteiger charge is -2.16. The number of thiophene rings is 1. The van der Waals surface area contributed by atoms with Crippen molar-refractivity contribution >= 4 is 28.7 Å². The molecular formula is C16H20N2O2S. The van der Waals surface area contributed by atoms with Crippen LogP contribution in [0.5, 0.6) is 0 Å². The van der Waals surface area contributed by atoms with E-state index < -0.39 is 0 Å². The summed E-state index contributed by atoms with van der Waals surface area (Å²) in [6.07, 6.45) is 0. The zero-order chi connectivity index (χ0) is 15.4. The summed E-state index contributed by atoms with van der Waals surface area (Å²) in [5, 5.41) is 3.35. The molecule has 0 aliphatic rings. The number of nitrogens with one attached hydrogen (secondary N) is 1. The van der Waals surface area contributed by atoms with Gasteiger partial charge in [-0.25, -0.2) is 4.79 Å². The summed E-state index contributed by atoms with van der Waals surface area (Å²) >= 11 is 1.74. The second-order valence-electron chi connectivity index (χ2n) is 4.84. The van der Waals surface area contributed by atoms with Crippen molar-refractivity contribution in [3.63, 3.8) is 0 Å². The summed E-state index contributed by atoms with van der Waals surface area (Å²) in [7, 11) is 0. The Morgan fingerprint density at radius 2 is 2.14 bits per heavy atom. The summed E-state index contributed by atoms with van der Waals surface area (Å²) in [5.74, 6) is -0.333. The van der Waals surface area contributed by atoms with Gasteiger partial charge >= 0.3 is 5.97 Å². The zero-order valence-electron chi connectivity index (χ0n) is 12.5. The van der Waals surface area contributed by atoms with E-state index >= 15 is 0 Å². The highest BCUT2D eigenvalue weighted by Crippen LogP contribution is 2.29. The Kier molecular flexibility index (Phi) is 4.85. The number of rotatable bonds is 5. The molecular weight excluding hydrogens is 284 g/mol. The Morgan fingerprint density at radius 1 is 1.38 bits per heavy atom. The largest absolute Gasteiger partial charge is 0.462 e. The van der Waals surface area contributed by atoms with Crippen molar-refractivity contribution in [2.24, 2.45) is 0 Å². The van der Waals surface area contributed by atoms with Gasteiger partial charge in [-0.15, -0.1) is 11.3 Å². The molecule has 0 amide bonds. The van der Waals surface area contributed by atoms with Gasteiger partial charge in [-0.2, -0.15) is 0 Å². The number of anilines is 2. The number of hydrogen-bond acceptors (Lipinski definition) is 5. The molecule has 0 fully saturated rings. The number of nitrogens with two attached hydrogens (primary N) is 1. The van der Waals surface area contributed by atoms with Gasteiger partial charge in [0.1, 0.15) is 0 Å². The fourth-order valence-electron chi connectivity index (χ4n) is 2.01. The zero-order valence-corrected chi connectivity index (χ0v) is 13.3. The second-order valence-corrected chi connectivity index (χ2v) is 6.16. The highest BCUT2D eigenvalue weighted by atomic mass is 32.1. The van der Waals surface area contributed by atoms with Crippen LogP contribution >= 0.6 is 11.3 Å². The Morgan fingerprint density at radius 3 is 2.76 bits per heavy atom. The highest BCUT2D eigenvalue weighted by molar-refractivity contribution is 7.12. The minimum Gasteiger partial charge on any atom is -0.462 e. The summed E-state index contributed by atoms with van der Waals surface area (Å²) in [5.41, 5.74) is 7.85. The van der Waals surface area contributed by atoms with Crippen molar-refractivity contribution in [1.82, 2.24) is 0 Å². The summed E-state index contributed by atoms with van der Waals surface area (Å²) in [6, 6.07) is 9.46. The molecule has 1 heterocycles. The number of aryl methyl sites for hydroxylation is 1. The van der Waals surface area contributed by atoms with E-state index in [9.17, 15) is 4.79 Å². The first-order valence-electron chi connectivity index (χ1n) is 6.90. The molecule has 0 saturated heterocycles. The van der Waals surface area contributed by atoms with Gasteiger partial charge in [0.15, 0.2) is 0 Å². The first-order chi connectivity index (χ1) is 10.0. The minimum absolute atomic E-state index is 0.128. The molecule has 1 unspecified atom stereocenters. The van der Waals surface area contributed by atoms with Crippen LogP contribution in [-0.4, -0.2) is 12.6 Å². The molecule has 0 bridgehead atoms. The van der Waals surface area contributed by atoms with Crippen LogP contribution in [0.4, 0.5) is 11.4 Å². The van der Waals surface area contributed by atoms with E-state index in [0.29, 0.717) is 17.9 Å². The third kappa shape index (κ3) is 3.76. The maximum Gasteiger partial charge on any atom is 0.338 e. The molecule has 2 rings (SSSR count). The summed E-state index contributed by atoms with van der Waals surface area (Å²) in [6.45, 7) is 6.30. The first-order valence-corrected chi connectivity index (χ1v) is 7.72. The van der Waals surface area contributed by atoms with Gasteiger partial charge in [-0.3, -0.25) is 0 Å². The quantitative estimate of drug-likeness (QED) is 0.647. The Bertz CT molecular complexity index is 637. The van der Waals surface area contributed by atoms with E-state index in [-0.39, 0.29) is 12.0 Å². The monoisotopic (exact) mass is 304 g/mol. The van der Waals surface area contributed by atoms with Crippen LogP contribution in [0.2, 0.25) is 0 Å². The smallest absolute Gasteiger partial charge is 0.338 e. The lowest BCUT2D eigenvalue weighted by Crippen LogP contribution is -2.10. The third-order valence-electron chi connectivity index (χ3n) is 3.12. The van der Waals surface area contributed by atoms with E-state index in [1.54, 1.807) is 36.5 Å². The molecule has 1 aromatic heterocycles. The lowest BCUT2D eigenvalue weighted by atomic mass is 10.1. The van der Waals surface area contributed by atoms with Crippen LogP contribution in [0, 0.1) is 6.92 Å². The third-order valence-corrected chi connectivity index (χ3v) is 4.31. The topological polar surface area (TPSA) is 64.3 Å². The van der Waals surface area contributed by atoms with E-state index in [1.807, 2.05) is 0 Å². The van der Waals surface area contributed by atoms with E-state index in [1.165, 1.54) is 9.75 Å². The van der Waals surface area contributed by atoms with Crippen molar-refractivity contribution in [3.05, 3.63) is 45.6 Å². The molecule has 21 heavy (non-hydrogen) atoms. The number of esters is 1. The predicted octanol–water partition coefficient (Wildman–Crippen LogP) is 3.99. The molecule has 1 atom stereocenters. The van der Waals surface area contributed by atoms with E-state index in [4.69, 9.17) is 10.5 Å². The van der Waals surface area contributed by atoms with Crippen LogP contribution in [0.3, 0.4) is 0 Å². The molecule has 5 heteroatoms.